The van der Waals surface area contributed by atoms with Crippen molar-refractivity contribution in [2.45, 2.75) is 59.2 Å². The molecule has 132 valence electrons. The van der Waals surface area contributed by atoms with E-state index in [1.807, 2.05) is 26.0 Å². The van der Waals surface area contributed by atoms with Crippen molar-refractivity contribution in [3.63, 3.8) is 0 Å². The Labute approximate surface area is 143 Å². The quantitative estimate of drug-likeness (QED) is 0.806. The summed E-state index contributed by atoms with van der Waals surface area (Å²) in [5.41, 5.74) is 1.45. The maximum atomic E-state index is 13.2. The van der Waals surface area contributed by atoms with Crippen LogP contribution in [-0.4, -0.2) is 38.3 Å². The Morgan fingerprint density at radius 1 is 1.42 bits per heavy atom. The van der Waals surface area contributed by atoms with Gasteiger partial charge in [-0.15, -0.1) is 0 Å². The Morgan fingerprint density at radius 2 is 2.17 bits per heavy atom. The number of hydrogen-bond donors (Lipinski definition) is 1. The smallest absolute Gasteiger partial charge is 0.272 e. The summed E-state index contributed by atoms with van der Waals surface area (Å²) in [6, 6.07) is 5.23. The van der Waals surface area contributed by atoms with Crippen molar-refractivity contribution in [1.82, 2.24) is 14.7 Å². The van der Waals surface area contributed by atoms with Gasteiger partial charge in [0.15, 0.2) is 0 Å². The van der Waals surface area contributed by atoms with Crippen LogP contribution >= 0.6 is 0 Å². The van der Waals surface area contributed by atoms with Gasteiger partial charge in [-0.2, -0.15) is 5.10 Å². The maximum absolute atomic E-state index is 13.2. The molecule has 0 spiro atoms. The average molecular weight is 333 g/mol. The number of carbonyl (C=O) groups is 1. The monoisotopic (exact) mass is 333 g/mol. The molecule has 0 aromatic carbocycles. The van der Waals surface area contributed by atoms with Gasteiger partial charge >= 0.3 is 0 Å². The third kappa shape index (κ3) is 3.87. The van der Waals surface area contributed by atoms with Gasteiger partial charge in [-0.1, -0.05) is 20.8 Å². The lowest BCUT2D eigenvalue weighted by molar-refractivity contribution is 0.0532. The number of amides is 1. The first-order valence-electron chi connectivity index (χ1n) is 8.53. The molecule has 0 unspecified atom stereocenters. The molecule has 1 atom stereocenters. The highest BCUT2D eigenvalue weighted by Gasteiger charge is 2.27. The van der Waals surface area contributed by atoms with Gasteiger partial charge in [-0.05, 0) is 37.5 Å². The van der Waals surface area contributed by atoms with Gasteiger partial charge in [0.2, 0.25) is 0 Å². The highest BCUT2D eigenvalue weighted by molar-refractivity contribution is 5.93. The highest BCUT2D eigenvalue weighted by atomic mass is 16.3. The lowest BCUT2D eigenvalue weighted by Crippen LogP contribution is -2.42. The molecule has 24 heavy (non-hydrogen) atoms. The molecule has 0 saturated heterocycles. The lowest BCUT2D eigenvalue weighted by atomic mass is 10.1. The van der Waals surface area contributed by atoms with Crippen LogP contribution in [0.5, 0.6) is 0 Å². The van der Waals surface area contributed by atoms with Crippen LogP contribution in [0.3, 0.4) is 0 Å². The topological polar surface area (TPSA) is 71.5 Å². The summed E-state index contributed by atoms with van der Waals surface area (Å²) in [5.74, 6) is 0.818. The second kappa shape index (κ2) is 8.15. The number of rotatable bonds is 8. The number of aryl methyl sites for hydroxylation is 1. The van der Waals surface area contributed by atoms with Crippen LogP contribution < -0.4 is 0 Å². The molecule has 2 rings (SSSR count). The van der Waals surface area contributed by atoms with E-state index >= 15 is 0 Å². The number of carbonyl (C=O) groups excluding carboxylic acids is 1. The molecule has 2 aromatic rings. The van der Waals surface area contributed by atoms with Crippen molar-refractivity contribution < 1.29 is 14.3 Å². The van der Waals surface area contributed by atoms with Gasteiger partial charge in [0.05, 0.1) is 31.2 Å². The number of aliphatic hydroxyl groups is 1. The first-order chi connectivity index (χ1) is 11.5. The van der Waals surface area contributed by atoms with E-state index in [2.05, 4.69) is 18.9 Å². The molecule has 0 saturated carbocycles. The Kier molecular flexibility index (Phi) is 6.20. The number of furan rings is 1. The Hall–Kier alpha value is -2.08. The molecule has 1 amide bonds. The van der Waals surface area contributed by atoms with Gasteiger partial charge in [0.25, 0.3) is 5.91 Å². The SMILES string of the molecule is CC[C@@H](CO)N(Cc1ccco1)C(=O)c1cc(C(C)C)nn1CC. The average Bonchev–Trinajstić information content (AvgIpc) is 3.23. The molecule has 6 heteroatoms. The van der Waals surface area contributed by atoms with E-state index in [1.165, 1.54) is 0 Å². The summed E-state index contributed by atoms with van der Waals surface area (Å²) in [6.45, 7) is 8.91. The van der Waals surface area contributed by atoms with Gasteiger partial charge in [-0.3, -0.25) is 9.48 Å². The zero-order chi connectivity index (χ0) is 17.7. The van der Waals surface area contributed by atoms with E-state index in [-0.39, 0.29) is 24.5 Å². The first kappa shape index (κ1) is 18.3. The van der Waals surface area contributed by atoms with Gasteiger partial charge in [0.1, 0.15) is 11.5 Å². The molecule has 0 aliphatic heterocycles. The zero-order valence-corrected chi connectivity index (χ0v) is 14.9. The first-order valence-corrected chi connectivity index (χ1v) is 8.53. The van der Waals surface area contributed by atoms with Crippen LogP contribution in [0.4, 0.5) is 0 Å². The number of hydrogen-bond acceptors (Lipinski definition) is 4. The molecular weight excluding hydrogens is 306 g/mol. The predicted octanol–water partition coefficient (Wildman–Crippen LogP) is 3.03. The second-order valence-corrected chi connectivity index (χ2v) is 6.18. The summed E-state index contributed by atoms with van der Waals surface area (Å²) in [4.78, 5) is 14.8. The molecule has 0 aliphatic rings. The molecule has 6 nitrogen and oxygen atoms in total. The molecule has 0 fully saturated rings. The van der Waals surface area contributed by atoms with Crippen LogP contribution in [0.25, 0.3) is 0 Å². The van der Waals surface area contributed by atoms with E-state index in [0.717, 1.165) is 5.69 Å². The zero-order valence-electron chi connectivity index (χ0n) is 14.9. The van der Waals surface area contributed by atoms with E-state index < -0.39 is 0 Å². The van der Waals surface area contributed by atoms with Crippen LogP contribution in [0, 0.1) is 0 Å². The van der Waals surface area contributed by atoms with Crippen LogP contribution in [-0.2, 0) is 13.1 Å². The Bertz CT molecular complexity index is 643. The summed E-state index contributed by atoms with van der Waals surface area (Å²) < 4.78 is 7.12. The Balaban J connectivity index is 2.36. The fourth-order valence-corrected chi connectivity index (χ4v) is 2.66. The van der Waals surface area contributed by atoms with Gasteiger partial charge in [0, 0.05) is 6.54 Å². The Morgan fingerprint density at radius 3 is 2.67 bits per heavy atom. The van der Waals surface area contributed by atoms with E-state index in [1.54, 1.807) is 21.9 Å². The third-order valence-electron chi connectivity index (χ3n) is 4.20. The van der Waals surface area contributed by atoms with E-state index in [4.69, 9.17) is 4.42 Å². The summed E-state index contributed by atoms with van der Waals surface area (Å²) >= 11 is 0. The largest absolute Gasteiger partial charge is 0.467 e. The van der Waals surface area contributed by atoms with Crippen LogP contribution in [0.2, 0.25) is 0 Å². The van der Waals surface area contributed by atoms with E-state index in [9.17, 15) is 9.90 Å². The minimum atomic E-state index is -0.259. The fourth-order valence-electron chi connectivity index (χ4n) is 2.66. The third-order valence-corrected chi connectivity index (χ3v) is 4.20. The molecular formula is C18H27N3O3. The normalized spacial score (nSPS) is 12.6. The van der Waals surface area contributed by atoms with Gasteiger partial charge in [-0.25, -0.2) is 0 Å². The summed E-state index contributed by atoms with van der Waals surface area (Å²) in [7, 11) is 0. The molecule has 1 N–H and O–H groups in total. The van der Waals surface area contributed by atoms with Crippen molar-refractivity contribution in [3.8, 4) is 0 Å². The molecule has 0 bridgehead atoms. The summed E-state index contributed by atoms with van der Waals surface area (Å²) in [5, 5.41) is 14.2. The highest BCUT2D eigenvalue weighted by Crippen LogP contribution is 2.19. The molecule has 0 radical (unpaired) electrons. The fraction of sp³-hybridized carbons (Fsp3) is 0.556. The number of aromatic nitrogens is 2. The molecule has 2 heterocycles. The minimum absolute atomic E-state index is 0.0831. The summed E-state index contributed by atoms with van der Waals surface area (Å²) in [6.07, 6.45) is 2.26. The van der Waals surface area contributed by atoms with Crippen molar-refractivity contribution in [2.75, 3.05) is 6.61 Å². The van der Waals surface area contributed by atoms with Crippen molar-refractivity contribution in [1.29, 1.82) is 0 Å². The predicted molar refractivity (Wildman–Crippen MR) is 91.7 cm³/mol. The van der Waals surface area contributed by atoms with Gasteiger partial charge < -0.3 is 14.4 Å². The van der Waals surface area contributed by atoms with Crippen molar-refractivity contribution in [2.24, 2.45) is 0 Å². The number of aliphatic hydroxyl groups excluding tert-OH is 1. The van der Waals surface area contributed by atoms with E-state index in [0.29, 0.717) is 31.0 Å². The maximum Gasteiger partial charge on any atom is 0.272 e. The lowest BCUT2D eigenvalue weighted by Gasteiger charge is -2.29. The van der Waals surface area contributed by atoms with Crippen molar-refractivity contribution >= 4 is 5.91 Å². The van der Waals surface area contributed by atoms with Crippen molar-refractivity contribution in [3.05, 3.63) is 41.6 Å². The second-order valence-electron chi connectivity index (χ2n) is 6.18. The standard InChI is InChI=1S/C18H27N3O3/c1-5-14(12-22)20(11-15-8-7-9-24-15)18(23)17-10-16(13(3)4)19-21(17)6-2/h7-10,13-14,22H,5-6,11-12H2,1-4H3/t14-/m0/s1. The van der Waals surface area contributed by atoms with Crippen LogP contribution in [0.15, 0.2) is 28.9 Å². The molecule has 0 aliphatic carbocycles. The van der Waals surface area contributed by atoms with Crippen LogP contribution in [0.1, 0.15) is 62.0 Å². The number of nitrogens with zero attached hydrogens (tertiary/aromatic N) is 3. The molecule has 2 aromatic heterocycles. The minimum Gasteiger partial charge on any atom is -0.467 e.